The van der Waals surface area contributed by atoms with Crippen molar-refractivity contribution in [1.29, 1.82) is 5.26 Å². The second-order valence-electron chi connectivity index (χ2n) is 6.40. The molecule has 0 saturated carbocycles. The molecule has 0 fully saturated rings. The number of carbonyl (C=O) groups excluding carboxylic acids is 1. The van der Waals surface area contributed by atoms with Gasteiger partial charge in [0.2, 0.25) is 5.78 Å². The number of H-pyrrole nitrogens is 1. The lowest BCUT2D eigenvalue weighted by molar-refractivity contribution is -0.385. The number of hydrogen-bond donors (Lipinski definition) is 1. The van der Waals surface area contributed by atoms with Crippen LogP contribution in [0.2, 0.25) is 0 Å². The Balaban J connectivity index is 2.14. The van der Waals surface area contributed by atoms with E-state index < -0.39 is 28.8 Å². The van der Waals surface area contributed by atoms with Crippen LogP contribution in [0.25, 0.3) is 17.0 Å². The van der Waals surface area contributed by atoms with E-state index in [1.54, 1.807) is 25.1 Å². The minimum Gasteiger partial charge on any atom is -0.493 e. The summed E-state index contributed by atoms with van der Waals surface area (Å²) >= 11 is 0. The monoisotopic (exact) mass is 427 g/mol. The summed E-state index contributed by atoms with van der Waals surface area (Å²) in [6, 6.07) is 8.95. The SMILES string of the molecule is COc1cc(/C=C(\C#N)C(=O)c2c[nH]c3cccc(C)c23)c([N+](=O)[O-])cc1OC(F)F. The summed E-state index contributed by atoms with van der Waals surface area (Å²) in [5, 5.41) is 21.6. The maximum Gasteiger partial charge on any atom is 0.387 e. The van der Waals surface area contributed by atoms with Crippen molar-refractivity contribution in [3.63, 3.8) is 0 Å². The van der Waals surface area contributed by atoms with Crippen molar-refractivity contribution in [3.8, 4) is 17.6 Å². The Kier molecular flexibility index (Phi) is 5.97. The fourth-order valence-electron chi connectivity index (χ4n) is 3.18. The predicted molar refractivity (Wildman–Crippen MR) is 107 cm³/mol. The molecule has 3 rings (SSSR count). The highest BCUT2D eigenvalue weighted by molar-refractivity contribution is 6.20. The molecular formula is C21H15F2N3O5. The highest BCUT2D eigenvalue weighted by Gasteiger charge is 2.23. The lowest BCUT2D eigenvalue weighted by atomic mass is 9.98. The van der Waals surface area contributed by atoms with Gasteiger partial charge in [0, 0.05) is 22.7 Å². The van der Waals surface area contributed by atoms with Crippen LogP contribution in [-0.4, -0.2) is 29.4 Å². The molecule has 2 aromatic carbocycles. The number of ketones is 1. The number of benzene rings is 2. The molecule has 0 aliphatic rings. The number of aryl methyl sites for hydroxylation is 1. The number of Topliss-reactive ketones (excluding diaryl/α,β-unsaturated/α-hetero) is 1. The van der Waals surface area contributed by atoms with Gasteiger partial charge in [0.05, 0.1) is 23.7 Å². The number of nitrogens with one attached hydrogen (secondary N) is 1. The topological polar surface area (TPSA) is 118 Å². The van der Waals surface area contributed by atoms with Gasteiger partial charge >= 0.3 is 6.61 Å². The van der Waals surface area contributed by atoms with Gasteiger partial charge in [-0.2, -0.15) is 14.0 Å². The maximum atomic E-state index is 13.0. The van der Waals surface area contributed by atoms with Crippen molar-refractivity contribution in [2.75, 3.05) is 7.11 Å². The van der Waals surface area contributed by atoms with Gasteiger partial charge in [-0.15, -0.1) is 0 Å². The summed E-state index contributed by atoms with van der Waals surface area (Å²) in [7, 11) is 1.16. The molecule has 8 nitrogen and oxygen atoms in total. The maximum absolute atomic E-state index is 13.0. The summed E-state index contributed by atoms with van der Waals surface area (Å²) in [5.74, 6) is -1.41. The second kappa shape index (κ2) is 8.62. The number of hydrogen-bond acceptors (Lipinski definition) is 6. The molecule has 0 atom stereocenters. The predicted octanol–water partition coefficient (Wildman–Crippen LogP) is 4.78. The number of carbonyl (C=O) groups is 1. The van der Waals surface area contributed by atoms with Gasteiger partial charge in [-0.1, -0.05) is 12.1 Å². The van der Waals surface area contributed by atoms with Crippen LogP contribution in [0.3, 0.4) is 0 Å². The molecule has 0 saturated heterocycles. The van der Waals surface area contributed by atoms with Crippen LogP contribution in [0.15, 0.2) is 42.1 Å². The van der Waals surface area contributed by atoms with Crippen LogP contribution < -0.4 is 9.47 Å². The van der Waals surface area contributed by atoms with E-state index in [0.717, 1.165) is 30.9 Å². The van der Waals surface area contributed by atoms with E-state index in [4.69, 9.17) is 4.74 Å². The first kappa shape index (κ1) is 21.4. The fourth-order valence-corrected chi connectivity index (χ4v) is 3.18. The Labute approximate surface area is 174 Å². The number of nitro benzene ring substituents is 1. The van der Waals surface area contributed by atoms with Crippen molar-refractivity contribution in [3.05, 3.63) is 68.9 Å². The molecule has 1 aromatic heterocycles. The van der Waals surface area contributed by atoms with Gasteiger partial charge < -0.3 is 14.5 Å². The first-order chi connectivity index (χ1) is 14.8. The molecule has 3 aromatic rings. The van der Waals surface area contributed by atoms with Crippen molar-refractivity contribution in [2.24, 2.45) is 0 Å². The third kappa shape index (κ3) is 4.20. The van der Waals surface area contributed by atoms with E-state index in [2.05, 4.69) is 9.72 Å². The molecule has 1 N–H and O–H groups in total. The number of nitriles is 1. The molecule has 1 heterocycles. The lowest BCUT2D eigenvalue weighted by Gasteiger charge is -2.11. The van der Waals surface area contributed by atoms with Crippen molar-refractivity contribution < 1.29 is 28.0 Å². The van der Waals surface area contributed by atoms with E-state index in [-0.39, 0.29) is 22.4 Å². The van der Waals surface area contributed by atoms with Gasteiger partial charge in [0.1, 0.15) is 11.6 Å². The Bertz CT molecular complexity index is 1260. The molecule has 0 bridgehead atoms. The number of nitrogens with zero attached hydrogens (tertiary/aromatic N) is 2. The lowest BCUT2D eigenvalue weighted by Crippen LogP contribution is -2.06. The van der Waals surface area contributed by atoms with Crippen LogP contribution in [-0.2, 0) is 0 Å². The largest absolute Gasteiger partial charge is 0.493 e. The number of alkyl halides is 2. The first-order valence-corrected chi connectivity index (χ1v) is 8.81. The molecule has 0 radical (unpaired) electrons. The number of aromatic amines is 1. The smallest absolute Gasteiger partial charge is 0.387 e. The number of aromatic nitrogens is 1. The van der Waals surface area contributed by atoms with Gasteiger partial charge in [-0.05, 0) is 30.7 Å². The zero-order valence-electron chi connectivity index (χ0n) is 16.3. The number of nitro groups is 1. The number of rotatable bonds is 7. The Hall–Kier alpha value is -4.26. The molecule has 31 heavy (non-hydrogen) atoms. The van der Waals surface area contributed by atoms with Gasteiger partial charge in [-0.3, -0.25) is 14.9 Å². The average Bonchev–Trinajstić information content (AvgIpc) is 3.17. The van der Waals surface area contributed by atoms with Crippen LogP contribution >= 0.6 is 0 Å². The summed E-state index contributed by atoms with van der Waals surface area (Å²) in [4.78, 5) is 26.6. The highest BCUT2D eigenvalue weighted by atomic mass is 19.3. The second-order valence-corrected chi connectivity index (χ2v) is 6.40. The van der Waals surface area contributed by atoms with E-state index in [1.807, 2.05) is 6.07 Å². The number of methoxy groups -OCH3 is 1. The zero-order chi connectivity index (χ0) is 22.7. The third-order valence-electron chi connectivity index (χ3n) is 4.55. The van der Waals surface area contributed by atoms with Gasteiger partial charge in [-0.25, -0.2) is 0 Å². The highest BCUT2D eigenvalue weighted by Crippen LogP contribution is 2.37. The number of allylic oxidation sites excluding steroid dienone is 1. The Morgan fingerprint density at radius 1 is 1.32 bits per heavy atom. The number of halogens is 2. The van der Waals surface area contributed by atoms with Crippen molar-refractivity contribution >= 4 is 28.4 Å². The van der Waals surface area contributed by atoms with E-state index in [1.165, 1.54) is 6.20 Å². The van der Waals surface area contributed by atoms with E-state index >= 15 is 0 Å². The van der Waals surface area contributed by atoms with Crippen LogP contribution in [0.5, 0.6) is 11.5 Å². The zero-order valence-corrected chi connectivity index (χ0v) is 16.3. The molecule has 0 aliphatic carbocycles. The summed E-state index contributed by atoms with van der Waals surface area (Å²) in [6.45, 7) is -1.42. The molecule has 0 aliphatic heterocycles. The normalized spacial score (nSPS) is 11.4. The molecule has 0 amide bonds. The minimum atomic E-state index is -3.23. The molecule has 0 unspecified atom stereocenters. The quantitative estimate of drug-likeness (QED) is 0.190. The number of ether oxygens (including phenoxy) is 2. The van der Waals surface area contributed by atoms with Crippen LogP contribution in [0.1, 0.15) is 21.5 Å². The van der Waals surface area contributed by atoms with Gasteiger partial charge in [0.15, 0.2) is 11.5 Å². The van der Waals surface area contributed by atoms with E-state index in [9.17, 15) is 29.0 Å². The van der Waals surface area contributed by atoms with E-state index in [0.29, 0.717) is 10.9 Å². The number of fused-ring (bicyclic) bond motifs is 1. The van der Waals surface area contributed by atoms with Crippen molar-refractivity contribution in [2.45, 2.75) is 13.5 Å². The average molecular weight is 427 g/mol. The fraction of sp³-hybridized carbons (Fsp3) is 0.143. The summed E-state index contributed by atoms with van der Waals surface area (Å²) in [5.41, 5.74) is 0.546. The van der Waals surface area contributed by atoms with Crippen LogP contribution in [0.4, 0.5) is 14.5 Å². The van der Waals surface area contributed by atoms with Gasteiger partial charge in [0.25, 0.3) is 5.69 Å². The van der Waals surface area contributed by atoms with Crippen molar-refractivity contribution in [1.82, 2.24) is 4.98 Å². The minimum absolute atomic E-state index is 0.176. The standard InChI is InChI=1S/C21H15F2N3O5/c1-11-4-3-5-15-19(11)14(10-25-15)20(27)13(9-24)6-12-7-17(30-2)18(31-21(22)23)8-16(12)26(28)29/h3-8,10,21,25H,1-2H3/b13-6+. The molecular weight excluding hydrogens is 412 g/mol. The molecule has 158 valence electrons. The third-order valence-corrected chi connectivity index (χ3v) is 4.55. The summed E-state index contributed by atoms with van der Waals surface area (Å²) < 4.78 is 34.4. The first-order valence-electron chi connectivity index (χ1n) is 8.81. The van der Waals surface area contributed by atoms with Crippen LogP contribution in [0, 0.1) is 28.4 Å². The Morgan fingerprint density at radius 2 is 2.06 bits per heavy atom. The Morgan fingerprint density at radius 3 is 2.68 bits per heavy atom. The molecule has 0 spiro atoms. The summed E-state index contributed by atoms with van der Waals surface area (Å²) in [6.07, 6.45) is 2.48. The molecule has 10 heteroatoms.